The van der Waals surface area contributed by atoms with Crippen LogP contribution < -0.4 is 5.32 Å². The Morgan fingerprint density at radius 1 is 1.42 bits per heavy atom. The van der Waals surface area contributed by atoms with Crippen LogP contribution in [0.25, 0.3) is 6.08 Å². The second-order valence-corrected chi connectivity index (χ2v) is 7.32. The van der Waals surface area contributed by atoms with Crippen molar-refractivity contribution in [3.05, 3.63) is 52.6 Å². The van der Waals surface area contributed by atoms with Gasteiger partial charge in [-0.2, -0.15) is 0 Å². The standard InChI is InChI=1S/C19H24N2O2S/c1-15-8-10-21(11-9-15)17(18-5-3-13-24-18)14-20-19(22)7-6-16-4-2-12-23-16/h2-7,12-13,15,17H,8-11,14H2,1H3,(H,20,22)/b7-6+. The van der Waals surface area contributed by atoms with Crippen LogP contribution in [0.15, 0.2) is 46.4 Å². The highest BCUT2D eigenvalue weighted by Crippen LogP contribution is 2.29. The third kappa shape index (κ3) is 4.58. The van der Waals surface area contributed by atoms with Crippen molar-refractivity contribution in [1.29, 1.82) is 0 Å². The first-order valence-corrected chi connectivity index (χ1v) is 9.37. The Morgan fingerprint density at radius 3 is 2.92 bits per heavy atom. The first-order valence-electron chi connectivity index (χ1n) is 8.49. The lowest BCUT2D eigenvalue weighted by molar-refractivity contribution is -0.116. The van der Waals surface area contributed by atoms with E-state index < -0.39 is 0 Å². The fourth-order valence-corrected chi connectivity index (χ4v) is 3.89. The van der Waals surface area contributed by atoms with Crippen molar-refractivity contribution in [3.8, 4) is 0 Å². The lowest BCUT2D eigenvalue weighted by Gasteiger charge is -2.36. The minimum Gasteiger partial charge on any atom is -0.465 e. The molecule has 0 radical (unpaired) electrons. The number of hydrogen-bond donors (Lipinski definition) is 1. The van der Waals surface area contributed by atoms with Crippen molar-refractivity contribution >= 4 is 23.3 Å². The first kappa shape index (κ1) is 17.0. The Bertz CT molecular complexity index is 641. The van der Waals surface area contributed by atoms with Crippen LogP contribution in [0.1, 0.15) is 36.4 Å². The smallest absolute Gasteiger partial charge is 0.244 e. The third-order valence-corrected chi connectivity index (χ3v) is 5.52. The normalized spacial score (nSPS) is 18.0. The molecule has 1 aliphatic rings. The van der Waals surface area contributed by atoms with Gasteiger partial charge in [-0.15, -0.1) is 11.3 Å². The Hall–Kier alpha value is -1.85. The van der Waals surface area contributed by atoms with E-state index in [9.17, 15) is 4.79 Å². The number of hydrogen-bond acceptors (Lipinski definition) is 4. The molecule has 24 heavy (non-hydrogen) atoms. The summed E-state index contributed by atoms with van der Waals surface area (Å²) < 4.78 is 5.20. The Labute approximate surface area is 147 Å². The highest BCUT2D eigenvalue weighted by atomic mass is 32.1. The number of furan rings is 1. The van der Waals surface area contributed by atoms with Crippen molar-refractivity contribution in [3.63, 3.8) is 0 Å². The van der Waals surface area contributed by atoms with Gasteiger partial charge >= 0.3 is 0 Å². The molecule has 1 N–H and O–H groups in total. The number of nitrogens with one attached hydrogen (secondary N) is 1. The molecule has 3 rings (SSSR count). The number of nitrogens with zero attached hydrogens (tertiary/aromatic N) is 1. The molecule has 2 aromatic heterocycles. The first-order chi connectivity index (χ1) is 11.7. The van der Waals surface area contributed by atoms with Crippen LogP contribution in [-0.4, -0.2) is 30.4 Å². The van der Waals surface area contributed by atoms with Gasteiger partial charge in [0.15, 0.2) is 0 Å². The minimum absolute atomic E-state index is 0.0849. The molecule has 1 fully saturated rings. The zero-order valence-electron chi connectivity index (χ0n) is 14.0. The molecule has 128 valence electrons. The average Bonchev–Trinajstić information content (AvgIpc) is 3.28. The van der Waals surface area contributed by atoms with Gasteiger partial charge in [0.1, 0.15) is 5.76 Å². The van der Waals surface area contributed by atoms with E-state index in [1.807, 2.05) is 12.1 Å². The molecule has 0 bridgehead atoms. The van der Waals surface area contributed by atoms with Crippen molar-refractivity contribution in [2.75, 3.05) is 19.6 Å². The molecule has 1 aliphatic heterocycles. The predicted octanol–water partition coefficient (Wildman–Crippen LogP) is 3.94. The largest absolute Gasteiger partial charge is 0.465 e. The van der Waals surface area contributed by atoms with Crippen LogP contribution in [0.2, 0.25) is 0 Å². The maximum absolute atomic E-state index is 12.1. The summed E-state index contributed by atoms with van der Waals surface area (Å²) in [6, 6.07) is 8.14. The van der Waals surface area contributed by atoms with Crippen molar-refractivity contribution in [2.45, 2.75) is 25.8 Å². The number of likely N-dealkylation sites (tertiary alicyclic amines) is 1. The summed E-state index contributed by atoms with van der Waals surface area (Å²) >= 11 is 1.76. The van der Waals surface area contributed by atoms with E-state index in [1.165, 1.54) is 23.8 Å². The van der Waals surface area contributed by atoms with E-state index in [1.54, 1.807) is 23.7 Å². The highest BCUT2D eigenvalue weighted by Gasteiger charge is 2.25. The van der Waals surface area contributed by atoms with E-state index in [4.69, 9.17) is 4.42 Å². The molecular weight excluding hydrogens is 320 g/mol. The third-order valence-electron chi connectivity index (χ3n) is 4.54. The SMILES string of the molecule is CC1CCN(C(CNC(=O)/C=C/c2ccco2)c2cccs2)CC1. The van der Waals surface area contributed by atoms with Gasteiger partial charge in [-0.3, -0.25) is 9.69 Å². The molecule has 3 heterocycles. The molecule has 0 aromatic carbocycles. The summed E-state index contributed by atoms with van der Waals surface area (Å²) in [7, 11) is 0. The van der Waals surface area contributed by atoms with Gasteiger partial charge in [-0.05, 0) is 61.5 Å². The summed E-state index contributed by atoms with van der Waals surface area (Å²) in [6.07, 6.45) is 7.28. The van der Waals surface area contributed by atoms with Crippen molar-refractivity contribution in [2.24, 2.45) is 5.92 Å². The number of thiophene rings is 1. The summed E-state index contributed by atoms with van der Waals surface area (Å²) in [6.45, 7) is 5.15. The summed E-state index contributed by atoms with van der Waals surface area (Å²) in [5, 5.41) is 5.14. The number of rotatable bonds is 6. The predicted molar refractivity (Wildman–Crippen MR) is 97.8 cm³/mol. The van der Waals surface area contributed by atoms with Crippen LogP contribution in [0.3, 0.4) is 0 Å². The second kappa shape index (κ2) is 8.31. The van der Waals surface area contributed by atoms with E-state index in [2.05, 4.69) is 34.7 Å². The van der Waals surface area contributed by atoms with Gasteiger partial charge in [-0.1, -0.05) is 13.0 Å². The van der Waals surface area contributed by atoms with Crippen LogP contribution in [0.5, 0.6) is 0 Å². The van der Waals surface area contributed by atoms with Crippen LogP contribution in [0, 0.1) is 5.92 Å². The van der Waals surface area contributed by atoms with Crippen LogP contribution in [-0.2, 0) is 4.79 Å². The molecule has 1 atom stereocenters. The average molecular weight is 344 g/mol. The molecule has 0 aliphatic carbocycles. The van der Waals surface area contributed by atoms with Gasteiger partial charge < -0.3 is 9.73 Å². The fourth-order valence-electron chi connectivity index (χ4n) is 3.03. The Balaban J connectivity index is 1.59. The van der Waals surface area contributed by atoms with Gasteiger partial charge in [0.05, 0.1) is 12.3 Å². The lowest BCUT2D eigenvalue weighted by atomic mass is 9.97. The zero-order valence-corrected chi connectivity index (χ0v) is 14.8. The van der Waals surface area contributed by atoms with Crippen molar-refractivity contribution in [1.82, 2.24) is 10.2 Å². The molecule has 1 unspecified atom stereocenters. The monoisotopic (exact) mass is 344 g/mol. The number of carbonyl (C=O) groups is 1. The van der Waals surface area contributed by atoms with Gasteiger partial charge in [0.2, 0.25) is 5.91 Å². The molecule has 1 amide bonds. The number of piperidine rings is 1. The minimum atomic E-state index is -0.0849. The zero-order chi connectivity index (χ0) is 16.8. The fraction of sp³-hybridized carbons (Fsp3) is 0.421. The maximum Gasteiger partial charge on any atom is 0.244 e. The highest BCUT2D eigenvalue weighted by molar-refractivity contribution is 7.10. The number of carbonyl (C=O) groups excluding carboxylic acids is 1. The molecule has 1 saturated heterocycles. The molecule has 0 spiro atoms. The summed E-state index contributed by atoms with van der Waals surface area (Å²) in [5.41, 5.74) is 0. The summed E-state index contributed by atoms with van der Waals surface area (Å²) in [5.74, 6) is 1.40. The van der Waals surface area contributed by atoms with Gasteiger partial charge in [0, 0.05) is 17.5 Å². The van der Waals surface area contributed by atoms with Crippen LogP contribution >= 0.6 is 11.3 Å². The Morgan fingerprint density at radius 2 is 2.25 bits per heavy atom. The van der Waals surface area contributed by atoms with Gasteiger partial charge in [-0.25, -0.2) is 0 Å². The van der Waals surface area contributed by atoms with Gasteiger partial charge in [0.25, 0.3) is 0 Å². The topological polar surface area (TPSA) is 45.5 Å². The molecule has 5 heteroatoms. The van der Waals surface area contributed by atoms with E-state index >= 15 is 0 Å². The number of amides is 1. The van der Waals surface area contributed by atoms with Crippen molar-refractivity contribution < 1.29 is 9.21 Å². The summed E-state index contributed by atoms with van der Waals surface area (Å²) in [4.78, 5) is 15.9. The quantitative estimate of drug-likeness (QED) is 0.807. The van der Waals surface area contributed by atoms with Crippen LogP contribution in [0.4, 0.5) is 0 Å². The lowest BCUT2D eigenvalue weighted by Crippen LogP contribution is -2.41. The molecule has 2 aromatic rings. The molecule has 0 saturated carbocycles. The molecular formula is C19H24N2O2S. The Kier molecular flexibility index (Phi) is 5.88. The molecule has 4 nitrogen and oxygen atoms in total. The second-order valence-electron chi connectivity index (χ2n) is 6.34. The van der Waals surface area contributed by atoms with E-state index in [-0.39, 0.29) is 11.9 Å². The van der Waals surface area contributed by atoms with E-state index in [0.717, 1.165) is 19.0 Å². The van der Waals surface area contributed by atoms with E-state index in [0.29, 0.717) is 12.3 Å². The maximum atomic E-state index is 12.1.